The zero-order valence-corrected chi connectivity index (χ0v) is 14.9. The van der Waals surface area contributed by atoms with Crippen LogP contribution in [0.15, 0.2) is 24.3 Å². The molecule has 0 bridgehead atoms. The first-order valence-electron chi connectivity index (χ1n) is 8.09. The molecule has 0 saturated carbocycles. The first-order chi connectivity index (χ1) is 11.5. The first kappa shape index (κ1) is 16.8. The summed E-state index contributed by atoms with van der Waals surface area (Å²) in [6, 6.07) is 7.19. The van der Waals surface area contributed by atoms with Crippen molar-refractivity contribution in [3.63, 3.8) is 0 Å². The summed E-state index contributed by atoms with van der Waals surface area (Å²) in [5.41, 5.74) is 2.10. The number of imide groups is 1. The molecule has 0 aliphatic carbocycles. The van der Waals surface area contributed by atoms with Crippen molar-refractivity contribution in [2.75, 3.05) is 6.54 Å². The van der Waals surface area contributed by atoms with Crippen molar-refractivity contribution in [1.29, 1.82) is 0 Å². The van der Waals surface area contributed by atoms with Crippen molar-refractivity contribution in [3.05, 3.63) is 51.0 Å². The average molecular weight is 343 g/mol. The van der Waals surface area contributed by atoms with Crippen molar-refractivity contribution >= 4 is 23.2 Å². The van der Waals surface area contributed by atoms with Crippen LogP contribution in [0.1, 0.15) is 49.6 Å². The average Bonchev–Trinajstić information content (AvgIpc) is 3.02. The standard InChI is InChI=1S/C18H21N3O2S/c1-11(19-10-16-20-12(2)13(3)24-16)8-9-21-17(22)14-6-4-5-7-15(14)18(21)23/h4-7,11,19H,8-10H2,1-3H3. The van der Waals surface area contributed by atoms with Gasteiger partial charge in [0.05, 0.1) is 16.8 Å². The minimum absolute atomic E-state index is 0.186. The highest BCUT2D eigenvalue weighted by Crippen LogP contribution is 2.22. The van der Waals surface area contributed by atoms with Gasteiger partial charge in [0, 0.05) is 24.0 Å². The maximum absolute atomic E-state index is 12.3. The molecule has 2 aromatic rings. The Morgan fingerprint density at radius 1 is 1.17 bits per heavy atom. The van der Waals surface area contributed by atoms with E-state index in [-0.39, 0.29) is 17.9 Å². The van der Waals surface area contributed by atoms with Crippen molar-refractivity contribution in [2.24, 2.45) is 0 Å². The molecule has 1 aromatic heterocycles. The number of carbonyl (C=O) groups is 2. The number of hydrogen-bond donors (Lipinski definition) is 1. The minimum Gasteiger partial charge on any atom is -0.308 e. The summed E-state index contributed by atoms with van der Waals surface area (Å²) in [6.07, 6.45) is 0.717. The Labute approximate surface area is 145 Å². The molecule has 2 amide bonds. The fraction of sp³-hybridized carbons (Fsp3) is 0.389. The van der Waals surface area contributed by atoms with Crippen LogP contribution in [-0.4, -0.2) is 34.3 Å². The third kappa shape index (κ3) is 3.25. The highest BCUT2D eigenvalue weighted by Gasteiger charge is 2.34. The lowest BCUT2D eigenvalue weighted by Gasteiger charge is -2.18. The van der Waals surface area contributed by atoms with Gasteiger partial charge >= 0.3 is 0 Å². The monoisotopic (exact) mass is 343 g/mol. The van der Waals surface area contributed by atoms with E-state index in [2.05, 4.69) is 24.1 Å². The number of aromatic nitrogens is 1. The molecule has 6 heteroatoms. The first-order valence-corrected chi connectivity index (χ1v) is 8.90. The second-order valence-corrected chi connectivity index (χ2v) is 7.42. The molecule has 0 fully saturated rings. The number of rotatable bonds is 6. The van der Waals surface area contributed by atoms with Crippen LogP contribution in [0.5, 0.6) is 0 Å². The maximum Gasteiger partial charge on any atom is 0.261 e. The predicted molar refractivity (Wildman–Crippen MR) is 94.3 cm³/mol. The van der Waals surface area contributed by atoms with E-state index in [1.165, 1.54) is 9.78 Å². The van der Waals surface area contributed by atoms with E-state index in [0.29, 0.717) is 24.2 Å². The van der Waals surface area contributed by atoms with E-state index in [1.54, 1.807) is 35.6 Å². The molecular weight excluding hydrogens is 322 g/mol. The Kier molecular flexibility index (Phi) is 4.78. The Bertz CT molecular complexity index is 730. The lowest BCUT2D eigenvalue weighted by molar-refractivity contribution is 0.0649. The number of amides is 2. The van der Waals surface area contributed by atoms with E-state index in [9.17, 15) is 9.59 Å². The molecule has 0 spiro atoms. The molecule has 1 atom stereocenters. The second kappa shape index (κ2) is 6.83. The highest BCUT2D eigenvalue weighted by molar-refractivity contribution is 7.11. The lowest BCUT2D eigenvalue weighted by Crippen LogP contribution is -2.35. The SMILES string of the molecule is Cc1nc(CNC(C)CCN2C(=O)c3ccccc3C2=O)sc1C. The van der Waals surface area contributed by atoms with E-state index in [4.69, 9.17) is 0 Å². The van der Waals surface area contributed by atoms with Crippen LogP contribution in [0, 0.1) is 13.8 Å². The third-order valence-electron chi connectivity index (χ3n) is 4.34. The van der Waals surface area contributed by atoms with Gasteiger partial charge in [0.25, 0.3) is 11.8 Å². The lowest BCUT2D eigenvalue weighted by atomic mass is 10.1. The number of nitrogens with one attached hydrogen (secondary N) is 1. The topological polar surface area (TPSA) is 62.3 Å². The number of nitrogens with zero attached hydrogens (tertiary/aromatic N) is 2. The second-order valence-electron chi connectivity index (χ2n) is 6.13. The molecule has 1 aromatic carbocycles. The molecule has 1 N–H and O–H groups in total. The van der Waals surface area contributed by atoms with Crippen LogP contribution in [0.3, 0.4) is 0 Å². The molecule has 0 saturated heterocycles. The molecule has 1 aliphatic heterocycles. The van der Waals surface area contributed by atoms with Gasteiger partial charge in [-0.25, -0.2) is 4.98 Å². The van der Waals surface area contributed by atoms with Crippen LogP contribution in [0.4, 0.5) is 0 Å². The van der Waals surface area contributed by atoms with Crippen LogP contribution in [0.25, 0.3) is 0 Å². The van der Waals surface area contributed by atoms with Gasteiger partial charge in [-0.1, -0.05) is 12.1 Å². The molecule has 0 radical (unpaired) electrons. The fourth-order valence-corrected chi connectivity index (χ4v) is 3.63. The third-order valence-corrected chi connectivity index (χ3v) is 5.41. The number of hydrogen-bond acceptors (Lipinski definition) is 5. The van der Waals surface area contributed by atoms with Crippen LogP contribution < -0.4 is 5.32 Å². The van der Waals surface area contributed by atoms with E-state index >= 15 is 0 Å². The number of fused-ring (bicyclic) bond motifs is 1. The molecule has 24 heavy (non-hydrogen) atoms. The van der Waals surface area contributed by atoms with Crippen molar-refractivity contribution in [1.82, 2.24) is 15.2 Å². The van der Waals surface area contributed by atoms with Crippen LogP contribution in [-0.2, 0) is 6.54 Å². The van der Waals surface area contributed by atoms with Crippen molar-refractivity contribution < 1.29 is 9.59 Å². The molecule has 1 unspecified atom stereocenters. The largest absolute Gasteiger partial charge is 0.308 e. The molecule has 126 valence electrons. The van der Waals surface area contributed by atoms with Gasteiger partial charge in [-0.3, -0.25) is 14.5 Å². The quantitative estimate of drug-likeness (QED) is 0.819. The van der Waals surface area contributed by atoms with Crippen LogP contribution in [0.2, 0.25) is 0 Å². The Morgan fingerprint density at radius 3 is 2.33 bits per heavy atom. The van der Waals surface area contributed by atoms with E-state index in [1.807, 2.05) is 6.92 Å². The maximum atomic E-state index is 12.3. The van der Waals surface area contributed by atoms with Gasteiger partial charge in [0.15, 0.2) is 0 Å². The molecule has 3 rings (SSSR count). The van der Waals surface area contributed by atoms with Gasteiger partial charge in [0.2, 0.25) is 0 Å². The summed E-state index contributed by atoms with van der Waals surface area (Å²) in [7, 11) is 0. The number of carbonyl (C=O) groups excluding carboxylic acids is 2. The number of benzene rings is 1. The predicted octanol–water partition coefficient (Wildman–Crippen LogP) is 2.92. The molecular formula is C18H21N3O2S. The Hall–Kier alpha value is -2.05. The van der Waals surface area contributed by atoms with Gasteiger partial charge in [-0.15, -0.1) is 11.3 Å². The number of aryl methyl sites for hydroxylation is 2. The summed E-state index contributed by atoms with van der Waals surface area (Å²) in [4.78, 5) is 31.7. The smallest absolute Gasteiger partial charge is 0.261 e. The zero-order valence-electron chi connectivity index (χ0n) is 14.1. The fourth-order valence-electron chi connectivity index (χ4n) is 2.74. The summed E-state index contributed by atoms with van der Waals surface area (Å²) in [5, 5.41) is 4.48. The van der Waals surface area contributed by atoms with Gasteiger partial charge in [0.1, 0.15) is 5.01 Å². The minimum atomic E-state index is -0.186. The van der Waals surface area contributed by atoms with Gasteiger partial charge in [-0.2, -0.15) is 0 Å². The molecule has 1 aliphatic rings. The Balaban J connectivity index is 1.53. The highest BCUT2D eigenvalue weighted by atomic mass is 32.1. The van der Waals surface area contributed by atoms with Crippen molar-refractivity contribution in [2.45, 2.75) is 39.8 Å². The Morgan fingerprint density at radius 2 is 1.79 bits per heavy atom. The normalized spacial score (nSPS) is 15.0. The van der Waals surface area contributed by atoms with Crippen LogP contribution >= 0.6 is 11.3 Å². The molecule has 2 heterocycles. The summed E-state index contributed by atoms with van der Waals surface area (Å²) >= 11 is 1.70. The van der Waals surface area contributed by atoms with E-state index in [0.717, 1.165) is 17.1 Å². The van der Waals surface area contributed by atoms with Gasteiger partial charge in [-0.05, 0) is 39.3 Å². The van der Waals surface area contributed by atoms with Crippen molar-refractivity contribution in [3.8, 4) is 0 Å². The summed E-state index contributed by atoms with van der Waals surface area (Å²) in [5.74, 6) is -0.372. The van der Waals surface area contributed by atoms with Gasteiger partial charge < -0.3 is 5.32 Å². The summed E-state index contributed by atoms with van der Waals surface area (Å²) in [6.45, 7) is 7.29. The zero-order chi connectivity index (χ0) is 17.3. The summed E-state index contributed by atoms with van der Waals surface area (Å²) < 4.78 is 0. The number of thiazole rings is 1. The molecule has 5 nitrogen and oxygen atoms in total. The van der Waals surface area contributed by atoms with E-state index < -0.39 is 0 Å².